The van der Waals surface area contributed by atoms with Gasteiger partial charge in [-0.15, -0.1) is 0 Å². The van der Waals surface area contributed by atoms with Gasteiger partial charge in [-0.1, -0.05) is 48.9 Å². The number of carbonyl (C=O) groups is 1. The van der Waals surface area contributed by atoms with E-state index in [1.54, 1.807) is 25.1 Å². The number of nitrogens with one attached hydrogen (secondary N) is 1. The Balaban J connectivity index is 1.67. The van der Waals surface area contributed by atoms with Crippen LogP contribution in [0.25, 0.3) is 0 Å². The Morgan fingerprint density at radius 3 is 2.36 bits per heavy atom. The zero-order valence-corrected chi connectivity index (χ0v) is 21.0. The summed E-state index contributed by atoms with van der Waals surface area (Å²) < 4.78 is 31.7. The molecule has 1 aliphatic heterocycles. The SMILES string of the molecule is CC[C@@H](C(=O)NCc1ccc(CN2CCOCC2)cc1)N(c1ccc(C)c(Cl)c1)S(C)(=O)=O. The minimum Gasteiger partial charge on any atom is -0.379 e. The highest BCUT2D eigenvalue weighted by Gasteiger charge is 2.31. The molecule has 0 spiro atoms. The van der Waals surface area contributed by atoms with Gasteiger partial charge in [-0.2, -0.15) is 0 Å². The summed E-state index contributed by atoms with van der Waals surface area (Å²) in [6.45, 7) is 8.21. The molecule has 0 saturated carbocycles. The van der Waals surface area contributed by atoms with Crippen LogP contribution in [0.15, 0.2) is 42.5 Å². The second kappa shape index (κ2) is 11.3. The van der Waals surface area contributed by atoms with Crippen LogP contribution in [-0.4, -0.2) is 57.8 Å². The zero-order valence-electron chi connectivity index (χ0n) is 19.4. The third-order valence-electron chi connectivity index (χ3n) is 5.74. The Morgan fingerprint density at radius 1 is 1.15 bits per heavy atom. The largest absolute Gasteiger partial charge is 0.379 e. The number of amides is 1. The molecule has 1 atom stereocenters. The van der Waals surface area contributed by atoms with Gasteiger partial charge in [0.25, 0.3) is 0 Å². The Bertz CT molecular complexity index is 1050. The molecule has 1 heterocycles. The van der Waals surface area contributed by atoms with Crippen molar-refractivity contribution in [3.8, 4) is 0 Å². The summed E-state index contributed by atoms with van der Waals surface area (Å²) >= 11 is 6.22. The highest BCUT2D eigenvalue weighted by atomic mass is 35.5. The number of ether oxygens (including phenoxy) is 1. The molecule has 3 rings (SSSR count). The number of morpholine rings is 1. The number of rotatable bonds is 9. The van der Waals surface area contributed by atoms with E-state index in [1.807, 2.05) is 19.1 Å². The Hall–Kier alpha value is -2.13. The van der Waals surface area contributed by atoms with Crippen molar-refractivity contribution in [2.75, 3.05) is 36.9 Å². The van der Waals surface area contributed by atoms with Crippen LogP contribution in [0.1, 0.15) is 30.0 Å². The van der Waals surface area contributed by atoms with Crippen molar-refractivity contribution < 1.29 is 17.9 Å². The smallest absolute Gasteiger partial charge is 0.244 e. The highest BCUT2D eigenvalue weighted by molar-refractivity contribution is 7.92. The van der Waals surface area contributed by atoms with Gasteiger partial charge in [0, 0.05) is 31.2 Å². The fourth-order valence-electron chi connectivity index (χ4n) is 3.87. The lowest BCUT2D eigenvalue weighted by Gasteiger charge is -2.30. The molecule has 1 saturated heterocycles. The van der Waals surface area contributed by atoms with Crippen LogP contribution in [-0.2, 0) is 32.6 Å². The van der Waals surface area contributed by atoms with E-state index in [-0.39, 0.29) is 5.91 Å². The summed E-state index contributed by atoms with van der Waals surface area (Å²) in [4.78, 5) is 15.4. The maximum absolute atomic E-state index is 13.0. The Labute approximate surface area is 201 Å². The molecule has 33 heavy (non-hydrogen) atoms. The number of hydrogen-bond donors (Lipinski definition) is 1. The molecule has 9 heteroatoms. The molecule has 1 amide bonds. The van der Waals surface area contributed by atoms with Crippen LogP contribution in [0.4, 0.5) is 5.69 Å². The van der Waals surface area contributed by atoms with E-state index in [9.17, 15) is 13.2 Å². The molecular weight excluding hydrogens is 462 g/mol. The second-order valence-corrected chi connectivity index (χ2v) is 10.6. The summed E-state index contributed by atoms with van der Waals surface area (Å²) in [5.41, 5.74) is 3.37. The molecule has 2 aromatic rings. The molecule has 1 N–H and O–H groups in total. The van der Waals surface area contributed by atoms with Crippen LogP contribution < -0.4 is 9.62 Å². The minimum absolute atomic E-state index is 0.319. The van der Waals surface area contributed by atoms with E-state index < -0.39 is 16.1 Å². The third kappa shape index (κ3) is 6.93. The Kier molecular flexibility index (Phi) is 8.75. The molecule has 0 radical (unpaired) electrons. The van der Waals surface area contributed by atoms with Gasteiger partial charge in [-0.25, -0.2) is 8.42 Å². The van der Waals surface area contributed by atoms with Crippen molar-refractivity contribution in [2.45, 2.75) is 39.4 Å². The molecule has 0 unspecified atom stereocenters. The van der Waals surface area contributed by atoms with Gasteiger partial charge in [0.05, 0.1) is 25.2 Å². The monoisotopic (exact) mass is 493 g/mol. The first kappa shape index (κ1) is 25.5. The second-order valence-electron chi connectivity index (χ2n) is 8.34. The van der Waals surface area contributed by atoms with Crippen molar-refractivity contribution in [1.82, 2.24) is 10.2 Å². The lowest BCUT2D eigenvalue weighted by atomic mass is 10.1. The molecular formula is C24H32ClN3O4S. The zero-order chi connectivity index (χ0) is 24.0. The normalized spacial score (nSPS) is 15.8. The Morgan fingerprint density at radius 2 is 1.79 bits per heavy atom. The number of nitrogens with zero attached hydrogens (tertiary/aromatic N) is 2. The van der Waals surface area contributed by atoms with Crippen LogP contribution in [0.5, 0.6) is 0 Å². The van der Waals surface area contributed by atoms with E-state index in [2.05, 4.69) is 22.3 Å². The number of halogens is 1. The van der Waals surface area contributed by atoms with Gasteiger partial charge in [0.2, 0.25) is 15.9 Å². The van der Waals surface area contributed by atoms with Crippen molar-refractivity contribution in [1.29, 1.82) is 0 Å². The summed E-state index contributed by atoms with van der Waals surface area (Å²) in [6.07, 6.45) is 1.42. The number of benzene rings is 2. The van der Waals surface area contributed by atoms with Gasteiger partial charge >= 0.3 is 0 Å². The summed E-state index contributed by atoms with van der Waals surface area (Å²) in [5, 5.41) is 3.35. The van der Waals surface area contributed by atoms with Gasteiger partial charge < -0.3 is 10.1 Å². The lowest BCUT2D eigenvalue weighted by Crippen LogP contribution is -2.49. The number of hydrogen-bond acceptors (Lipinski definition) is 5. The standard InChI is InChI=1S/C24H32ClN3O4S/c1-4-23(28(33(3,30)31)21-10-5-18(2)22(25)15-21)24(29)26-16-19-6-8-20(9-7-19)17-27-11-13-32-14-12-27/h5-10,15,23H,4,11-14,16-17H2,1-3H3,(H,26,29)/t23-/m0/s1. The topological polar surface area (TPSA) is 79.0 Å². The van der Waals surface area contributed by atoms with Crippen molar-refractivity contribution >= 4 is 33.2 Å². The van der Waals surface area contributed by atoms with Crippen LogP contribution in [0.2, 0.25) is 5.02 Å². The quantitative estimate of drug-likeness (QED) is 0.579. The predicted octanol–water partition coefficient (Wildman–Crippen LogP) is 3.34. The van der Waals surface area contributed by atoms with E-state index in [1.165, 1.54) is 5.56 Å². The fourth-order valence-corrected chi connectivity index (χ4v) is 5.24. The van der Waals surface area contributed by atoms with Gasteiger partial charge in [-0.05, 0) is 42.2 Å². The van der Waals surface area contributed by atoms with Crippen LogP contribution in [0.3, 0.4) is 0 Å². The summed E-state index contributed by atoms with van der Waals surface area (Å²) in [7, 11) is -3.71. The van der Waals surface area contributed by atoms with Crippen molar-refractivity contribution in [3.63, 3.8) is 0 Å². The molecule has 0 aromatic heterocycles. The molecule has 7 nitrogen and oxygen atoms in total. The van der Waals surface area contributed by atoms with Crippen LogP contribution in [0, 0.1) is 6.92 Å². The highest BCUT2D eigenvalue weighted by Crippen LogP contribution is 2.27. The first-order chi connectivity index (χ1) is 15.7. The molecule has 2 aromatic carbocycles. The van der Waals surface area contributed by atoms with Gasteiger partial charge in [-0.3, -0.25) is 14.0 Å². The van der Waals surface area contributed by atoms with E-state index >= 15 is 0 Å². The molecule has 0 aliphatic carbocycles. The van der Waals surface area contributed by atoms with Gasteiger partial charge in [0.1, 0.15) is 6.04 Å². The summed E-state index contributed by atoms with van der Waals surface area (Å²) in [6, 6.07) is 12.2. The average Bonchev–Trinajstić information content (AvgIpc) is 2.78. The third-order valence-corrected chi connectivity index (χ3v) is 7.33. The number of anilines is 1. The minimum atomic E-state index is -3.71. The number of carbonyl (C=O) groups excluding carboxylic acids is 1. The predicted molar refractivity (Wildman–Crippen MR) is 132 cm³/mol. The maximum atomic E-state index is 13.0. The van der Waals surface area contributed by atoms with E-state index in [0.717, 1.165) is 54.5 Å². The van der Waals surface area contributed by atoms with Crippen molar-refractivity contribution in [2.24, 2.45) is 0 Å². The molecule has 0 bridgehead atoms. The molecule has 1 aliphatic rings. The number of aryl methyl sites for hydroxylation is 1. The molecule has 180 valence electrons. The fraction of sp³-hybridized carbons (Fsp3) is 0.458. The first-order valence-electron chi connectivity index (χ1n) is 11.1. The van der Waals surface area contributed by atoms with E-state index in [0.29, 0.717) is 23.7 Å². The number of sulfonamides is 1. The van der Waals surface area contributed by atoms with Gasteiger partial charge in [0.15, 0.2) is 0 Å². The average molecular weight is 494 g/mol. The van der Waals surface area contributed by atoms with Crippen molar-refractivity contribution in [3.05, 3.63) is 64.2 Å². The van der Waals surface area contributed by atoms with Crippen LogP contribution >= 0.6 is 11.6 Å². The lowest BCUT2D eigenvalue weighted by molar-refractivity contribution is -0.122. The first-order valence-corrected chi connectivity index (χ1v) is 13.3. The summed E-state index contributed by atoms with van der Waals surface area (Å²) in [5.74, 6) is -0.350. The molecule has 1 fully saturated rings. The maximum Gasteiger partial charge on any atom is 0.244 e. The van der Waals surface area contributed by atoms with E-state index in [4.69, 9.17) is 16.3 Å².